The standard InChI is InChI=1S/C31H30N2O4/c1-5-37-22-15-16-26-25(18-22)20(2)19-31(3,4)33(26)30(36)27(17-21-11-7-6-8-12-21)32-28(34)23-13-9-10-14-24(23)29(32)35/h6-16,18-19,27H,5,17H2,1-4H3. The summed E-state index contributed by atoms with van der Waals surface area (Å²) in [7, 11) is 0. The van der Waals surface area contributed by atoms with Crippen molar-refractivity contribution in [2.24, 2.45) is 0 Å². The van der Waals surface area contributed by atoms with Crippen LogP contribution in [0.1, 0.15) is 59.5 Å². The van der Waals surface area contributed by atoms with Gasteiger partial charge in [-0.25, -0.2) is 0 Å². The summed E-state index contributed by atoms with van der Waals surface area (Å²) in [5, 5.41) is 0. The van der Waals surface area contributed by atoms with Gasteiger partial charge in [0.25, 0.3) is 17.7 Å². The summed E-state index contributed by atoms with van der Waals surface area (Å²) in [6.07, 6.45) is 2.26. The molecule has 0 saturated heterocycles. The van der Waals surface area contributed by atoms with E-state index in [0.717, 1.165) is 33.0 Å². The van der Waals surface area contributed by atoms with Gasteiger partial charge in [0, 0.05) is 12.0 Å². The lowest BCUT2D eigenvalue weighted by atomic mass is 9.87. The molecule has 5 rings (SSSR count). The van der Waals surface area contributed by atoms with Crippen LogP contribution in [-0.2, 0) is 11.2 Å². The average Bonchev–Trinajstić information content (AvgIpc) is 3.13. The number of carbonyl (C=O) groups is 3. The topological polar surface area (TPSA) is 66.9 Å². The maximum atomic E-state index is 14.5. The van der Waals surface area contributed by atoms with Crippen molar-refractivity contribution in [2.45, 2.75) is 45.7 Å². The summed E-state index contributed by atoms with van der Waals surface area (Å²) in [5.41, 5.74) is 3.49. The number of hydrogen-bond acceptors (Lipinski definition) is 4. The zero-order chi connectivity index (χ0) is 26.3. The molecule has 0 spiro atoms. The number of nitrogens with zero attached hydrogens (tertiary/aromatic N) is 2. The first kappa shape index (κ1) is 24.5. The molecule has 3 aromatic rings. The third-order valence-corrected chi connectivity index (χ3v) is 7.01. The zero-order valence-corrected chi connectivity index (χ0v) is 21.5. The van der Waals surface area contributed by atoms with Crippen LogP contribution in [0.5, 0.6) is 5.75 Å². The Bertz CT molecular complexity index is 1390. The van der Waals surface area contributed by atoms with Crippen LogP contribution in [0.3, 0.4) is 0 Å². The Morgan fingerprint density at radius 3 is 2.14 bits per heavy atom. The maximum Gasteiger partial charge on any atom is 0.262 e. The highest BCUT2D eigenvalue weighted by molar-refractivity contribution is 6.23. The lowest BCUT2D eigenvalue weighted by Gasteiger charge is -2.44. The number of allylic oxidation sites excluding steroid dienone is 1. The van der Waals surface area contributed by atoms with Crippen molar-refractivity contribution in [1.82, 2.24) is 4.90 Å². The Kier molecular flexibility index (Phi) is 6.20. The van der Waals surface area contributed by atoms with Crippen LogP contribution in [0.2, 0.25) is 0 Å². The molecule has 188 valence electrons. The molecule has 0 aliphatic carbocycles. The van der Waals surface area contributed by atoms with Crippen LogP contribution in [0.4, 0.5) is 5.69 Å². The number of carbonyl (C=O) groups excluding carboxylic acids is 3. The fourth-order valence-corrected chi connectivity index (χ4v) is 5.43. The van der Waals surface area contributed by atoms with Crippen molar-refractivity contribution in [3.05, 3.63) is 101 Å². The number of fused-ring (bicyclic) bond motifs is 2. The Morgan fingerprint density at radius 2 is 1.51 bits per heavy atom. The van der Waals surface area contributed by atoms with Gasteiger partial charge in [0.1, 0.15) is 11.8 Å². The molecular weight excluding hydrogens is 464 g/mol. The van der Waals surface area contributed by atoms with Gasteiger partial charge in [0.15, 0.2) is 0 Å². The highest BCUT2D eigenvalue weighted by Gasteiger charge is 2.47. The number of ether oxygens (including phenoxy) is 1. The highest BCUT2D eigenvalue weighted by Crippen LogP contribution is 2.42. The lowest BCUT2D eigenvalue weighted by Crippen LogP contribution is -2.58. The number of rotatable bonds is 6. The molecule has 0 N–H and O–H groups in total. The Morgan fingerprint density at radius 1 is 0.892 bits per heavy atom. The minimum atomic E-state index is -1.01. The smallest absolute Gasteiger partial charge is 0.262 e. The van der Waals surface area contributed by atoms with E-state index in [1.807, 2.05) is 82.3 Å². The van der Waals surface area contributed by atoms with E-state index in [1.54, 1.807) is 29.2 Å². The number of anilines is 1. The second-order valence-electron chi connectivity index (χ2n) is 10.00. The summed E-state index contributed by atoms with van der Waals surface area (Å²) in [5.74, 6) is -0.466. The van der Waals surface area contributed by atoms with Gasteiger partial charge in [-0.2, -0.15) is 0 Å². The predicted octanol–water partition coefficient (Wildman–Crippen LogP) is 5.52. The quantitative estimate of drug-likeness (QED) is 0.423. The molecule has 0 saturated carbocycles. The van der Waals surface area contributed by atoms with E-state index in [1.165, 1.54) is 0 Å². The van der Waals surface area contributed by atoms with E-state index in [0.29, 0.717) is 17.7 Å². The molecule has 0 fully saturated rings. The number of amides is 3. The first-order chi connectivity index (χ1) is 17.7. The largest absolute Gasteiger partial charge is 0.494 e. The summed E-state index contributed by atoms with van der Waals surface area (Å²) >= 11 is 0. The van der Waals surface area contributed by atoms with Crippen LogP contribution >= 0.6 is 0 Å². The van der Waals surface area contributed by atoms with E-state index >= 15 is 0 Å². The van der Waals surface area contributed by atoms with Crippen LogP contribution in [0.25, 0.3) is 5.57 Å². The van der Waals surface area contributed by atoms with Crippen molar-refractivity contribution < 1.29 is 19.1 Å². The molecular formula is C31H30N2O4. The summed E-state index contributed by atoms with van der Waals surface area (Å²) in [4.78, 5) is 44.4. The Hall–Kier alpha value is -4.19. The average molecular weight is 495 g/mol. The molecule has 6 nitrogen and oxygen atoms in total. The molecule has 37 heavy (non-hydrogen) atoms. The van der Waals surface area contributed by atoms with Crippen molar-refractivity contribution in [3.63, 3.8) is 0 Å². The molecule has 6 heteroatoms. The minimum Gasteiger partial charge on any atom is -0.494 e. The molecule has 2 heterocycles. The second-order valence-corrected chi connectivity index (χ2v) is 10.00. The first-order valence-corrected chi connectivity index (χ1v) is 12.5. The van der Waals surface area contributed by atoms with Crippen molar-refractivity contribution in [3.8, 4) is 5.75 Å². The van der Waals surface area contributed by atoms with E-state index in [9.17, 15) is 14.4 Å². The molecule has 0 bridgehead atoms. The van der Waals surface area contributed by atoms with E-state index in [2.05, 4.69) is 0 Å². The zero-order valence-electron chi connectivity index (χ0n) is 21.5. The SMILES string of the molecule is CCOc1ccc2c(c1)C(C)=CC(C)(C)N2C(=O)C(Cc1ccccc1)N1C(=O)c2ccccc2C1=O. The molecule has 0 radical (unpaired) electrons. The van der Waals surface area contributed by atoms with Crippen molar-refractivity contribution in [1.29, 1.82) is 0 Å². The molecule has 2 aliphatic heterocycles. The third-order valence-electron chi connectivity index (χ3n) is 7.01. The van der Waals surface area contributed by atoms with Gasteiger partial charge < -0.3 is 9.64 Å². The molecule has 3 aromatic carbocycles. The van der Waals surface area contributed by atoms with Gasteiger partial charge >= 0.3 is 0 Å². The fraction of sp³-hybridized carbons (Fsp3) is 0.258. The summed E-state index contributed by atoms with van der Waals surface area (Å²) in [6, 6.07) is 20.9. The third kappa shape index (κ3) is 4.22. The molecule has 3 amide bonds. The van der Waals surface area contributed by atoms with Crippen LogP contribution in [0, 0.1) is 0 Å². The van der Waals surface area contributed by atoms with Gasteiger partial charge in [-0.05, 0) is 69.2 Å². The fourth-order valence-electron chi connectivity index (χ4n) is 5.43. The minimum absolute atomic E-state index is 0.215. The summed E-state index contributed by atoms with van der Waals surface area (Å²) in [6.45, 7) is 8.42. The van der Waals surface area contributed by atoms with Gasteiger partial charge in [-0.1, -0.05) is 48.5 Å². The highest BCUT2D eigenvalue weighted by atomic mass is 16.5. The number of imide groups is 1. The normalized spacial score (nSPS) is 16.7. The van der Waals surface area contributed by atoms with Gasteiger partial charge in [-0.15, -0.1) is 0 Å². The summed E-state index contributed by atoms with van der Waals surface area (Å²) < 4.78 is 5.71. The van der Waals surface area contributed by atoms with Crippen LogP contribution in [-0.4, -0.2) is 40.8 Å². The van der Waals surface area contributed by atoms with E-state index in [-0.39, 0.29) is 12.3 Å². The van der Waals surface area contributed by atoms with E-state index < -0.39 is 23.4 Å². The van der Waals surface area contributed by atoms with E-state index in [4.69, 9.17) is 4.74 Å². The second kappa shape index (κ2) is 9.36. The predicted molar refractivity (Wildman–Crippen MR) is 144 cm³/mol. The van der Waals surface area contributed by atoms with Gasteiger partial charge in [0.05, 0.1) is 29.0 Å². The monoisotopic (exact) mass is 494 g/mol. The maximum absolute atomic E-state index is 14.5. The molecule has 0 aromatic heterocycles. The van der Waals surface area contributed by atoms with Crippen LogP contribution < -0.4 is 9.64 Å². The molecule has 1 unspecified atom stereocenters. The van der Waals surface area contributed by atoms with Gasteiger partial charge in [-0.3, -0.25) is 19.3 Å². The number of benzene rings is 3. The Balaban J connectivity index is 1.62. The lowest BCUT2D eigenvalue weighted by molar-refractivity contribution is -0.123. The molecule has 1 atom stereocenters. The Labute approximate surface area is 217 Å². The first-order valence-electron chi connectivity index (χ1n) is 12.5. The van der Waals surface area contributed by atoms with Crippen LogP contribution in [0.15, 0.2) is 78.9 Å². The number of hydrogen-bond donors (Lipinski definition) is 0. The molecule has 2 aliphatic rings. The van der Waals surface area contributed by atoms with Crippen molar-refractivity contribution >= 4 is 29.0 Å². The van der Waals surface area contributed by atoms with Gasteiger partial charge in [0.2, 0.25) is 0 Å². The van der Waals surface area contributed by atoms with Crippen molar-refractivity contribution in [2.75, 3.05) is 11.5 Å².